The Morgan fingerprint density at radius 1 is 1.23 bits per heavy atom. The van der Waals surface area contributed by atoms with E-state index < -0.39 is 0 Å². The van der Waals surface area contributed by atoms with Crippen molar-refractivity contribution in [3.05, 3.63) is 48.5 Å². The Morgan fingerprint density at radius 3 is 2.69 bits per heavy atom. The van der Waals surface area contributed by atoms with E-state index in [1.54, 1.807) is 24.7 Å². The molecule has 1 N–H and O–H groups in total. The smallest absolute Gasteiger partial charge is 0.269 e. The van der Waals surface area contributed by atoms with Crippen molar-refractivity contribution >= 4 is 28.8 Å². The van der Waals surface area contributed by atoms with Gasteiger partial charge in [0, 0.05) is 49.5 Å². The first kappa shape index (κ1) is 24.9. The maximum atomic E-state index is 12.7. The van der Waals surface area contributed by atoms with Crippen LogP contribution >= 0.6 is 0 Å². The number of fused-ring (bicyclic) bond motifs is 1. The zero-order valence-electron chi connectivity index (χ0n) is 20.7. The molecular weight excluding hydrogens is 442 g/mol. The molecule has 0 radical (unpaired) electrons. The fraction of sp³-hybridized carbons (Fsp3) is 0.481. The van der Waals surface area contributed by atoms with Crippen LogP contribution in [0.4, 0.5) is 5.69 Å². The number of rotatable bonds is 8. The number of allylic oxidation sites excluding steroid dienone is 2. The third-order valence-corrected chi connectivity index (χ3v) is 6.55. The molecule has 1 amide bonds. The molecule has 0 atom stereocenters. The highest BCUT2D eigenvalue weighted by Crippen LogP contribution is 2.33. The summed E-state index contributed by atoms with van der Waals surface area (Å²) >= 11 is 0. The van der Waals surface area contributed by atoms with Crippen molar-refractivity contribution in [1.82, 2.24) is 15.3 Å². The number of nitrogens with zero attached hydrogens (tertiary/aromatic N) is 4. The minimum Gasteiger partial charge on any atom is -0.488 e. The van der Waals surface area contributed by atoms with Crippen LogP contribution in [-0.4, -0.2) is 60.5 Å². The van der Waals surface area contributed by atoms with E-state index in [1.807, 2.05) is 13.8 Å². The van der Waals surface area contributed by atoms with Crippen LogP contribution in [0, 0.1) is 0 Å². The molecule has 186 valence electrons. The van der Waals surface area contributed by atoms with Crippen LogP contribution in [0.3, 0.4) is 0 Å². The highest BCUT2D eigenvalue weighted by molar-refractivity contribution is 5.95. The second-order valence-corrected chi connectivity index (χ2v) is 8.98. The van der Waals surface area contributed by atoms with E-state index in [-0.39, 0.29) is 18.1 Å². The minimum absolute atomic E-state index is 0.0698. The second-order valence-electron chi connectivity index (χ2n) is 8.98. The number of morpholine rings is 1. The lowest BCUT2D eigenvalue weighted by Crippen LogP contribution is -2.40. The van der Waals surface area contributed by atoms with Crippen molar-refractivity contribution in [2.24, 2.45) is 4.99 Å². The van der Waals surface area contributed by atoms with Crippen molar-refractivity contribution < 1.29 is 14.3 Å². The van der Waals surface area contributed by atoms with Crippen LogP contribution in [0.2, 0.25) is 0 Å². The Bertz CT molecular complexity index is 1100. The van der Waals surface area contributed by atoms with E-state index in [0.29, 0.717) is 5.70 Å². The Kier molecular flexibility index (Phi) is 8.47. The van der Waals surface area contributed by atoms with Crippen molar-refractivity contribution in [1.29, 1.82) is 0 Å². The Hall–Kier alpha value is -3.26. The van der Waals surface area contributed by atoms with E-state index >= 15 is 0 Å². The van der Waals surface area contributed by atoms with Crippen molar-refractivity contribution in [3.8, 4) is 5.75 Å². The standard InChI is InChI=1S/C27H35N5O3/c1-4-19(3)18-30-23(5-2)27(33)31-20-6-8-22(9-7-20)35-25-17-21(32-12-14-34-15-13-32)16-24-26(25)29-11-10-28-24/h5,10-11,16-18,20,22H,3-4,6-9,12-15H2,1-2H3,(H,31,33)/b23-5-,30-18-/t20-,22+. The molecule has 1 aromatic heterocycles. The first-order valence-electron chi connectivity index (χ1n) is 12.5. The third kappa shape index (κ3) is 6.45. The summed E-state index contributed by atoms with van der Waals surface area (Å²) in [6.07, 6.45) is 11.1. The van der Waals surface area contributed by atoms with Crippen molar-refractivity contribution in [2.45, 2.75) is 58.1 Å². The zero-order chi connectivity index (χ0) is 24.6. The number of aliphatic imine (C=N–C) groups is 1. The summed E-state index contributed by atoms with van der Waals surface area (Å²) in [5.74, 6) is 0.628. The number of hydrogen-bond acceptors (Lipinski definition) is 7. The Morgan fingerprint density at radius 2 is 1.97 bits per heavy atom. The van der Waals surface area contributed by atoms with Crippen LogP contribution in [0.1, 0.15) is 46.0 Å². The summed E-state index contributed by atoms with van der Waals surface area (Å²) in [6.45, 7) is 10.9. The van der Waals surface area contributed by atoms with Gasteiger partial charge in [-0.15, -0.1) is 0 Å². The molecule has 1 aliphatic carbocycles. The van der Waals surface area contributed by atoms with Crippen molar-refractivity contribution in [2.75, 3.05) is 31.2 Å². The molecule has 4 rings (SSSR count). The van der Waals surface area contributed by atoms with Crippen LogP contribution in [0.25, 0.3) is 11.0 Å². The molecular formula is C27H35N5O3. The predicted molar refractivity (Wildman–Crippen MR) is 139 cm³/mol. The number of ether oxygens (including phenoxy) is 2. The highest BCUT2D eigenvalue weighted by Gasteiger charge is 2.25. The summed E-state index contributed by atoms with van der Waals surface area (Å²) in [5.41, 5.74) is 4.01. The Labute approximate surface area is 207 Å². The lowest BCUT2D eigenvalue weighted by molar-refractivity contribution is -0.118. The summed E-state index contributed by atoms with van der Waals surface area (Å²) in [5, 5.41) is 3.13. The maximum Gasteiger partial charge on any atom is 0.269 e. The molecule has 8 heteroatoms. The molecule has 0 unspecified atom stereocenters. The van der Waals surface area contributed by atoms with Gasteiger partial charge in [-0.2, -0.15) is 0 Å². The maximum absolute atomic E-state index is 12.7. The largest absolute Gasteiger partial charge is 0.488 e. The normalized spacial score (nSPS) is 21.3. The summed E-state index contributed by atoms with van der Waals surface area (Å²) < 4.78 is 12.0. The molecule has 8 nitrogen and oxygen atoms in total. The van der Waals surface area contributed by atoms with Gasteiger partial charge in [-0.05, 0) is 50.7 Å². The monoisotopic (exact) mass is 477 g/mol. The number of nitrogens with one attached hydrogen (secondary N) is 1. The summed E-state index contributed by atoms with van der Waals surface area (Å²) in [4.78, 5) is 28.3. The van der Waals surface area contributed by atoms with Crippen LogP contribution < -0.4 is 15.0 Å². The van der Waals surface area contributed by atoms with Gasteiger partial charge in [-0.3, -0.25) is 14.8 Å². The summed E-state index contributed by atoms with van der Waals surface area (Å²) in [6, 6.07) is 4.26. The molecule has 2 fully saturated rings. The zero-order valence-corrected chi connectivity index (χ0v) is 20.7. The molecule has 35 heavy (non-hydrogen) atoms. The van der Waals surface area contributed by atoms with E-state index in [4.69, 9.17) is 9.47 Å². The van der Waals surface area contributed by atoms with Crippen LogP contribution in [0.5, 0.6) is 5.75 Å². The third-order valence-electron chi connectivity index (χ3n) is 6.55. The molecule has 0 bridgehead atoms. The van der Waals surface area contributed by atoms with Gasteiger partial charge in [0.1, 0.15) is 17.0 Å². The van der Waals surface area contributed by atoms with Crippen LogP contribution in [-0.2, 0) is 9.53 Å². The topological polar surface area (TPSA) is 88.9 Å². The minimum atomic E-state index is -0.142. The number of anilines is 1. The molecule has 1 saturated carbocycles. The van der Waals surface area contributed by atoms with E-state index in [1.165, 1.54) is 0 Å². The quantitative estimate of drug-likeness (QED) is 0.453. The highest BCUT2D eigenvalue weighted by atomic mass is 16.5. The number of hydrogen-bond donors (Lipinski definition) is 1. The number of carbonyl (C=O) groups is 1. The molecule has 2 aliphatic rings. The first-order valence-corrected chi connectivity index (χ1v) is 12.5. The molecule has 0 spiro atoms. The second kappa shape index (κ2) is 11.9. The van der Waals surface area contributed by atoms with E-state index in [2.05, 4.69) is 43.9 Å². The SMILES string of the molecule is C=C(/C=N\C(=C/C)C(=O)N[C@H]1CC[C@@H](Oc2cc(N3CCOCC3)cc3nccnc23)CC1)CC. The van der Waals surface area contributed by atoms with Crippen LogP contribution in [0.15, 0.2) is 53.4 Å². The van der Waals surface area contributed by atoms with Gasteiger partial charge >= 0.3 is 0 Å². The van der Waals surface area contributed by atoms with E-state index in [0.717, 1.165) is 86.5 Å². The predicted octanol–water partition coefficient (Wildman–Crippen LogP) is 4.21. The number of benzene rings is 1. The lowest BCUT2D eigenvalue weighted by Gasteiger charge is -2.31. The van der Waals surface area contributed by atoms with Gasteiger partial charge in [0.2, 0.25) is 0 Å². The fourth-order valence-corrected chi connectivity index (χ4v) is 4.40. The Balaban J connectivity index is 1.38. The van der Waals surface area contributed by atoms with E-state index in [9.17, 15) is 4.79 Å². The van der Waals surface area contributed by atoms with Gasteiger partial charge in [-0.1, -0.05) is 19.6 Å². The number of carbonyl (C=O) groups excluding carboxylic acids is 1. The van der Waals surface area contributed by atoms with Gasteiger partial charge in [-0.25, -0.2) is 4.98 Å². The molecule has 1 aliphatic heterocycles. The molecule has 2 aromatic rings. The van der Waals surface area contributed by atoms with Crippen molar-refractivity contribution in [3.63, 3.8) is 0 Å². The number of amides is 1. The molecule has 1 aromatic carbocycles. The van der Waals surface area contributed by atoms with Gasteiger partial charge in [0.25, 0.3) is 5.91 Å². The fourth-order valence-electron chi connectivity index (χ4n) is 4.40. The summed E-state index contributed by atoms with van der Waals surface area (Å²) in [7, 11) is 0. The molecule has 1 saturated heterocycles. The average molecular weight is 478 g/mol. The average Bonchev–Trinajstić information content (AvgIpc) is 2.90. The first-order chi connectivity index (χ1) is 17.1. The lowest BCUT2D eigenvalue weighted by atomic mass is 9.92. The number of aromatic nitrogens is 2. The molecule has 2 heterocycles. The van der Waals surface area contributed by atoms with Gasteiger partial charge < -0.3 is 19.7 Å². The van der Waals surface area contributed by atoms with Gasteiger partial charge in [0.15, 0.2) is 0 Å². The van der Waals surface area contributed by atoms with Gasteiger partial charge in [0.05, 0.1) is 24.8 Å².